The number of aromatic amines is 1. The first kappa shape index (κ1) is 13.2. The maximum absolute atomic E-state index is 12.0. The van der Waals surface area contributed by atoms with Gasteiger partial charge in [0.15, 0.2) is 0 Å². The normalized spacial score (nSPS) is 17.4. The number of halogens is 1. The molecule has 0 radical (unpaired) electrons. The molecular weight excluding hydrogens is 274 g/mol. The van der Waals surface area contributed by atoms with Gasteiger partial charge in [-0.25, -0.2) is 4.98 Å². The third-order valence-corrected chi connectivity index (χ3v) is 3.94. The highest BCUT2D eigenvalue weighted by atomic mass is 35.5. The van der Waals surface area contributed by atoms with E-state index in [0.29, 0.717) is 5.02 Å². The van der Waals surface area contributed by atoms with E-state index in [-0.39, 0.29) is 11.9 Å². The van der Waals surface area contributed by atoms with E-state index in [0.717, 1.165) is 35.6 Å². The van der Waals surface area contributed by atoms with Gasteiger partial charge >= 0.3 is 0 Å². The fraction of sp³-hybridized carbons (Fsp3) is 0.333. The summed E-state index contributed by atoms with van der Waals surface area (Å²) in [5.74, 6) is 0.856. The minimum Gasteiger partial charge on any atom is -0.344 e. The van der Waals surface area contributed by atoms with Crippen molar-refractivity contribution in [2.75, 3.05) is 4.90 Å². The van der Waals surface area contributed by atoms with Crippen molar-refractivity contribution in [3.63, 3.8) is 0 Å². The summed E-state index contributed by atoms with van der Waals surface area (Å²) < 4.78 is 0. The van der Waals surface area contributed by atoms with Gasteiger partial charge in [0.05, 0.1) is 6.04 Å². The summed E-state index contributed by atoms with van der Waals surface area (Å²) >= 11 is 6.04. The molecule has 2 aromatic rings. The topological polar surface area (TPSA) is 49.0 Å². The highest BCUT2D eigenvalue weighted by Crippen LogP contribution is 2.40. The van der Waals surface area contributed by atoms with Crippen LogP contribution in [0.5, 0.6) is 0 Å². The van der Waals surface area contributed by atoms with Crippen LogP contribution in [0.1, 0.15) is 37.0 Å². The molecule has 0 fully saturated rings. The molecule has 1 unspecified atom stereocenters. The second-order valence-corrected chi connectivity index (χ2v) is 5.47. The maximum atomic E-state index is 12.0. The Morgan fingerprint density at radius 1 is 1.55 bits per heavy atom. The first-order valence-electron chi connectivity index (χ1n) is 6.72. The number of hydrogen-bond donors (Lipinski definition) is 1. The number of carbonyl (C=O) groups is 1. The summed E-state index contributed by atoms with van der Waals surface area (Å²) in [6.45, 7) is 3.66. The van der Waals surface area contributed by atoms with Gasteiger partial charge in [-0.3, -0.25) is 4.79 Å². The monoisotopic (exact) mass is 289 g/mol. The Hall–Kier alpha value is -1.81. The minimum absolute atomic E-state index is 0.0190. The van der Waals surface area contributed by atoms with Crippen LogP contribution in [0.15, 0.2) is 24.4 Å². The maximum Gasteiger partial charge on any atom is 0.224 e. The van der Waals surface area contributed by atoms with Gasteiger partial charge < -0.3 is 9.88 Å². The van der Waals surface area contributed by atoms with Crippen LogP contribution in [0, 0.1) is 0 Å². The van der Waals surface area contributed by atoms with Crippen LogP contribution in [0.4, 0.5) is 5.69 Å². The standard InChI is InChI=1S/C15H16ClN3O/c1-3-12-8-17-15(18-12)14-7-10-6-11(16)4-5-13(10)19(14)9(2)20/h4-6,8,14H,3,7H2,1-2H3,(H,17,18). The highest BCUT2D eigenvalue weighted by molar-refractivity contribution is 6.30. The number of carbonyl (C=O) groups excluding carboxylic acids is 1. The Morgan fingerprint density at radius 3 is 3.00 bits per heavy atom. The molecule has 2 heterocycles. The number of H-pyrrole nitrogens is 1. The fourth-order valence-corrected chi connectivity index (χ4v) is 2.95. The van der Waals surface area contributed by atoms with E-state index in [1.165, 1.54) is 0 Å². The van der Waals surface area contributed by atoms with Crippen LogP contribution in [0.3, 0.4) is 0 Å². The molecule has 0 bridgehead atoms. The highest BCUT2D eigenvalue weighted by Gasteiger charge is 2.34. The smallest absolute Gasteiger partial charge is 0.224 e. The number of rotatable bonds is 2. The van der Waals surface area contributed by atoms with E-state index in [4.69, 9.17) is 11.6 Å². The van der Waals surface area contributed by atoms with Crippen molar-refractivity contribution in [1.82, 2.24) is 9.97 Å². The third-order valence-electron chi connectivity index (χ3n) is 3.71. The molecule has 1 aliphatic rings. The van der Waals surface area contributed by atoms with Crippen LogP contribution in [0.25, 0.3) is 0 Å². The van der Waals surface area contributed by atoms with Gasteiger partial charge in [0, 0.05) is 35.9 Å². The molecule has 0 spiro atoms. The summed E-state index contributed by atoms with van der Waals surface area (Å²) in [4.78, 5) is 21.5. The first-order chi connectivity index (χ1) is 9.60. The molecule has 1 N–H and O–H groups in total. The van der Waals surface area contributed by atoms with Gasteiger partial charge in [-0.05, 0) is 30.2 Å². The average Bonchev–Trinajstić information content (AvgIpc) is 3.01. The molecule has 0 saturated carbocycles. The summed E-state index contributed by atoms with van der Waals surface area (Å²) in [6, 6.07) is 5.58. The van der Waals surface area contributed by atoms with E-state index < -0.39 is 0 Å². The Balaban J connectivity index is 2.02. The lowest BCUT2D eigenvalue weighted by atomic mass is 10.1. The molecule has 3 rings (SSSR count). The Morgan fingerprint density at radius 2 is 2.35 bits per heavy atom. The molecule has 20 heavy (non-hydrogen) atoms. The lowest BCUT2D eigenvalue weighted by Gasteiger charge is -2.22. The minimum atomic E-state index is -0.0683. The zero-order valence-electron chi connectivity index (χ0n) is 11.5. The number of hydrogen-bond acceptors (Lipinski definition) is 2. The van der Waals surface area contributed by atoms with Crippen LogP contribution in [0.2, 0.25) is 5.02 Å². The second kappa shape index (κ2) is 4.94. The average molecular weight is 290 g/mol. The van der Waals surface area contributed by atoms with Crippen molar-refractivity contribution in [1.29, 1.82) is 0 Å². The molecule has 104 valence electrons. The van der Waals surface area contributed by atoms with Gasteiger partial charge in [0.1, 0.15) is 5.82 Å². The Kier molecular flexibility index (Phi) is 3.26. The van der Waals surface area contributed by atoms with Crippen molar-refractivity contribution in [2.45, 2.75) is 32.7 Å². The Bertz CT molecular complexity index is 665. The van der Waals surface area contributed by atoms with Gasteiger partial charge in [-0.15, -0.1) is 0 Å². The largest absolute Gasteiger partial charge is 0.344 e. The molecule has 5 heteroatoms. The lowest BCUT2D eigenvalue weighted by Crippen LogP contribution is -2.30. The number of imidazole rings is 1. The van der Waals surface area contributed by atoms with E-state index in [1.807, 2.05) is 24.4 Å². The molecule has 1 aliphatic heterocycles. The van der Waals surface area contributed by atoms with E-state index in [2.05, 4.69) is 16.9 Å². The molecular formula is C15H16ClN3O. The van der Waals surface area contributed by atoms with Gasteiger partial charge in [0.25, 0.3) is 0 Å². The fourth-order valence-electron chi connectivity index (χ4n) is 2.75. The number of benzene rings is 1. The number of aromatic nitrogens is 2. The summed E-state index contributed by atoms with van der Waals surface area (Å²) in [5.41, 5.74) is 3.10. The van der Waals surface area contributed by atoms with Crippen LogP contribution in [-0.4, -0.2) is 15.9 Å². The second-order valence-electron chi connectivity index (χ2n) is 5.03. The first-order valence-corrected chi connectivity index (χ1v) is 7.10. The van der Waals surface area contributed by atoms with Crippen LogP contribution < -0.4 is 4.90 Å². The van der Waals surface area contributed by atoms with E-state index in [1.54, 1.807) is 11.8 Å². The van der Waals surface area contributed by atoms with Gasteiger partial charge in [-0.2, -0.15) is 0 Å². The van der Waals surface area contributed by atoms with Crippen LogP contribution in [-0.2, 0) is 17.6 Å². The van der Waals surface area contributed by atoms with Crippen molar-refractivity contribution in [3.05, 3.63) is 46.5 Å². The number of nitrogens with one attached hydrogen (secondary N) is 1. The predicted octanol–water partition coefficient (Wildman–Crippen LogP) is 3.28. The molecule has 1 aromatic carbocycles. The van der Waals surface area contributed by atoms with Gasteiger partial charge in [0.2, 0.25) is 5.91 Å². The van der Waals surface area contributed by atoms with Gasteiger partial charge in [-0.1, -0.05) is 18.5 Å². The zero-order chi connectivity index (χ0) is 14.3. The lowest BCUT2D eigenvalue weighted by molar-refractivity contribution is -0.117. The quantitative estimate of drug-likeness (QED) is 0.922. The summed E-state index contributed by atoms with van der Waals surface area (Å²) in [7, 11) is 0. The van der Waals surface area contributed by atoms with E-state index in [9.17, 15) is 4.79 Å². The predicted molar refractivity (Wildman–Crippen MR) is 79.0 cm³/mol. The third kappa shape index (κ3) is 2.10. The zero-order valence-corrected chi connectivity index (χ0v) is 12.2. The SMILES string of the molecule is CCc1cnc(C2Cc3cc(Cl)ccc3N2C(C)=O)[nH]1. The summed E-state index contributed by atoms with van der Waals surface area (Å²) in [6.07, 6.45) is 3.48. The molecule has 1 amide bonds. The number of nitrogens with zero attached hydrogens (tertiary/aromatic N) is 2. The molecule has 4 nitrogen and oxygen atoms in total. The van der Waals surface area contributed by atoms with Crippen molar-refractivity contribution < 1.29 is 4.79 Å². The van der Waals surface area contributed by atoms with Crippen molar-refractivity contribution in [2.24, 2.45) is 0 Å². The number of fused-ring (bicyclic) bond motifs is 1. The molecule has 1 atom stereocenters. The molecule has 0 aliphatic carbocycles. The van der Waals surface area contributed by atoms with Crippen molar-refractivity contribution >= 4 is 23.2 Å². The van der Waals surface area contributed by atoms with Crippen LogP contribution >= 0.6 is 11.6 Å². The Labute approximate surface area is 122 Å². The number of aryl methyl sites for hydroxylation is 1. The molecule has 0 saturated heterocycles. The van der Waals surface area contributed by atoms with Crippen molar-refractivity contribution in [3.8, 4) is 0 Å². The summed E-state index contributed by atoms with van der Waals surface area (Å²) in [5, 5.41) is 0.696. The van der Waals surface area contributed by atoms with E-state index >= 15 is 0 Å². The number of anilines is 1. The molecule has 1 aromatic heterocycles. The number of amides is 1.